The molecule has 1 aromatic heterocycles. The van der Waals surface area contributed by atoms with E-state index in [4.69, 9.17) is 4.74 Å². The number of carbonyl (C=O) groups is 1. The van der Waals surface area contributed by atoms with Crippen LogP contribution in [0, 0.1) is 6.92 Å². The number of benzene rings is 2. The molecule has 1 heterocycles. The van der Waals surface area contributed by atoms with E-state index in [0.717, 1.165) is 10.4 Å². The van der Waals surface area contributed by atoms with Gasteiger partial charge in [-0.05, 0) is 50.1 Å². The van der Waals surface area contributed by atoms with Crippen LogP contribution in [0.4, 0.5) is 5.13 Å². The number of amides is 1. The molecule has 3 rings (SSSR count). The van der Waals surface area contributed by atoms with E-state index in [1.54, 1.807) is 32.0 Å². The molecule has 0 saturated heterocycles. The molecule has 0 aliphatic rings. The predicted octanol–water partition coefficient (Wildman–Crippen LogP) is 5.07. The zero-order chi connectivity index (χ0) is 25.1. The molecule has 0 saturated carbocycles. The molecular weight excluding hydrogens is 470 g/mol. The second-order valence-electron chi connectivity index (χ2n) is 8.33. The molecule has 1 N–H and O–H groups in total. The summed E-state index contributed by atoms with van der Waals surface area (Å²) >= 11 is 1.31. The molecule has 2 aromatic carbocycles. The Morgan fingerprint density at radius 2 is 1.76 bits per heavy atom. The number of rotatable bonds is 9. The normalized spacial score (nSPS) is 12.1. The van der Waals surface area contributed by atoms with E-state index in [1.807, 2.05) is 51.1 Å². The first-order chi connectivity index (χ1) is 16.1. The van der Waals surface area contributed by atoms with Gasteiger partial charge in [-0.3, -0.25) is 4.79 Å². The van der Waals surface area contributed by atoms with Crippen molar-refractivity contribution in [1.82, 2.24) is 9.29 Å². The number of hydrogen-bond acceptors (Lipinski definition) is 6. The largest absolute Gasteiger partial charge is 0.495 e. The number of sulfonamides is 1. The number of aryl methyl sites for hydroxylation is 1. The molecule has 0 unspecified atom stereocenters. The lowest BCUT2D eigenvalue weighted by Crippen LogP contribution is -2.34. The zero-order valence-corrected chi connectivity index (χ0v) is 22.0. The van der Waals surface area contributed by atoms with Crippen molar-refractivity contribution in [3.8, 4) is 16.2 Å². The number of nitrogens with zero attached hydrogens (tertiary/aromatic N) is 2. The van der Waals surface area contributed by atoms with Crippen LogP contribution in [0.1, 0.15) is 39.0 Å². The number of methoxy groups -OCH3 is 1. The molecule has 0 spiro atoms. The van der Waals surface area contributed by atoms with Crippen LogP contribution in [-0.2, 0) is 20.2 Å². The summed E-state index contributed by atoms with van der Waals surface area (Å²) in [5.41, 5.74) is 1.56. The van der Waals surface area contributed by atoms with Gasteiger partial charge in [0.1, 0.15) is 10.6 Å². The van der Waals surface area contributed by atoms with Crippen molar-refractivity contribution < 1.29 is 17.9 Å². The topological polar surface area (TPSA) is 88.6 Å². The third-order valence-corrected chi connectivity index (χ3v) is 9.02. The van der Waals surface area contributed by atoms with Crippen molar-refractivity contribution in [1.29, 1.82) is 0 Å². The van der Waals surface area contributed by atoms with Crippen molar-refractivity contribution >= 4 is 32.4 Å². The van der Waals surface area contributed by atoms with Gasteiger partial charge in [-0.15, -0.1) is 0 Å². The molecule has 0 aliphatic carbocycles. The van der Waals surface area contributed by atoms with Crippen LogP contribution in [0.3, 0.4) is 0 Å². The maximum absolute atomic E-state index is 13.2. The Kier molecular flexibility index (Phi) is 7.80. The summed E-state index contributed by atoms with van der Waals surface area (Å²) in [6.45, 7) is 9.90. The summed E-state index contributed by atoms with van der Waals surface area (Å²) in [7, 11) is -2.27. The van der Waals surface area contributed by atoms with E-state index in [0.29, 0.717) is 29.5 Å². The van der Waals surface area contributed by atoms with Crippen molar-refractivity contribution in [3.63, 3.8) is 0 Å². The van der Waals surface area contributed by atoms with Crippen molar-refractivity contribution in [2.24, 2.45) is 0 Å². The maximum Gasteiger partial charge on any atom is 0.246 e. The average molecular weight is 502 g/mol. The molecule has 1 amide bonds. The lowest BCUT2D eigenvalue weighted by molar-refractivity contribution is -0.120. The molecule has 9 heteroatoms. The zero-order valence-electron chi connectivity index (χ0n) is 20.4. The van der Waals surface area contributed by atoms with Gasteiger partial charge >= 0.3 is 0 Å². The Bertz CT molecular complexity index is 1260. The fourth-order valence-corrected chi connectivity index (χ4v) is 6.28. The summed E-state index contributed by atoms with van der Waals surface area (Å²) in [6, 6.07) is 14.7. The predicted molar refractivity (Wildman–Crippen MR) is 137 cm³/mol. The molecular formula is C25H31N3O4S2. The fraction of sp³-hybridized carbons (Fsp3) is 0.360. The molecule has 0 atom stereocenters. The molecule has 0 aliphatic heterocycles. The van der Waals surface area contributed by atoms with E-state index in [2.05, 4.69) is 10.3 Å². The highest BCUT2D eigenvalue weighted by molar-refractivity contribution is 7.89. The smallest absolute Gasteiger partial charge is 0.246 e. The van der Waals surface area contributed by atoms with E-state index in [9.17, 15) is 13.2 Å². The monoisotopic (exact) mass is 501 g/mol. The highest BCUT2D eigenvalue weighted by Crippen LogP contribution is 2.38. The summed E-state index contributed by atoms with van der Waals surface area (Å²) in [5.74, 6) is 0.120. The van der Waals surface area contributed by atoms with Gasteiger partial charge in [0.15, 0.2) is 5.13 Å². The fourth-order valence-electron chi connectivity index (χ4n) is 3.68. The van der Waals surface area contributed by atoms with Gasteiger partial charge < -0.3 is 10.1 Å². The first-order valence-corrected chi connectivity index (χ1v) is 13.3. The summed E-state index contributed by atoms with van der Waals surface area (Å²) in [5, 5.41) is 3.40. The Labute approximate surface area is 205 Å². The second kappa shape index (κ2) is 10.2. The Hall–Kier alpha value is -2.75. The van der Waals surface area contributed by atoms with Gasteiger partial charge in [-0.2, -0.15) is 4.31 Å². The van der Waals surface area contributed by atoms with Gasteiger partial charge in [0, 0.05) is 13.1 Å². The van der Waals surface area contributed by atoms with Crippen LogP contribution in [0.25, 0.3) is 10.4 Å². The molecule has 3 aromatic rings. The van der Waals surface area contributed by atoms with Crippen LogP contribution in [0.5, 0.6) is 5.75 Å². The van der Waals surface area contributed by atoms with Gasteiger partial charge in [0.2, 0.25) is 15.9 Å². The van der Waals surface area contributed by atoms with Crippen LogP contribution in [0.2, 0.25) is 0 Å². The highest BCUT2D eigenvalue weighted by atomic mass is 32.2. The number of carbonyl (C=O) groups excluding carboxylic acids is 1. The quantitative estimate of drug-likeness (QED) is 0.442. The first-order valence-electron chi connectivity index (χ1n) is 11.1. The minimum absolute atomic E-state index is 0.111. The molecule has 0 fully saturated rings. The molecule has 34 heavy (non-hydrogen) atoms. The summed E-state index contributed by atoms with van der Waals surface area (Å²) in [6.07, 6.45) is 0. The lowest BCUT2D eigenvalue weighted by atomic mass is 9.84. The van der Waals surface area contributed by atoms with Crippen LogP contribution in [-0.4, -0.2) is 43.8 Å². The van der Waals surface area contributed by atoms with E-state index in [1.165, 1.54) is 22.8 Å². The number of thiazole rings is 1. The van der Waals surface area contributed by atoms with Gasteiger partial charge in [-0.25, -0.2) is 13.4 Å². The molecule has 0 radical (unpaired) electrons. The van der Waals surface area contributed by atoms with Crippen molar-refractivity contribution in [3.05, 3.63) is 59.8 Å². The van der Waals surface area contributed by atoms with E-state index >= 15 is 0 Å². The number of nitrogens with one attached hydrogen (secondary N) is 1. The Morgan fingerprint density at radius 3 is 2.35 bits per heavy atom. The molecule has 0 bridgehead atoms. The number of anilines is 1. The van der Waals surface area contributed by atoms with Crippen LogP contribution in [0.15, 0.2) is 53.4 Å². The van der Waals surface area contributed by atoms with Gasteiger partial charge in [-0.1, -0.05) is 55.5 Å². The Balaban J connectivity index is 1.96. The average Bonchev–Trinajstić information content (AvgIpc) is 3.19. The van der Waals surface area contributed by atoms with Gasteiger partial charge in [0.25, 0.3) is 0 Å². The molecule has 182 valence electrons. The SMILES string of the molecule is CCN(CC)S(=O)(=O)c1cc(-c2sc(NC(=O)C(C)(C)c3ccccc3)nc2C)ccc1OC. The number of ether oxygens (including phenoxy) is 1. The minimum Gasteiger partial charge on any atom is -0.495 e. The minimum atomic E-state index is -3.73. The Morgan fingerprint density at radius 1 is 1.12 bits per heavy atom. The third kappa shape index (κ3) is 5.01. The second-order valence-corrected chi connectivity index (χ2v) is 11.2. The number of aromatic nitrogens is 1. The first kappa shape index (κ1) is 25.9. The summed E-state index contributed by atoms with van der Waals surface area (Å²) in [4.78, 5) is 18.5. The van der Waals surface area contributed by atoms with E-state index < -0.39 is 15.4 Å². The van der Waals surface area contributed by atoms with E-state index in [-0.39, 0.29) is 16.6 Å². The highest BCUT2D eigenvalue weighted by Gasteiger charge is 2.31. The van der Waals surface area contributed by atoms with Crippen LogP contribution >= 0.6 is 11.3 Å². The standard InChI is InChI=1S/C25H31N3O4S2/c1-7-28(8-2)34(30,31)21-16-18(14-15-20(21)32-6)22-17(3)26-24(33-22)27-23(29)25(4,5)19-12-10-9-11-13-19/h9-16H,7-8H2,1-6H3,(H,26,27,29). The van der Waals surface area contributed by atoms with Crippen molar-refractivity contribution in [2.45, 2.75) is 44.9 Å². The van der Waals surface area contributed by atoms with Gasteiger partial charge in [0.05, 0.1) is 23.1 Å². The lowest BCUT2D eigenvalue weighted by Gasteiger charge is -2.23. The van der Waals surface area contributed by atoms with Crippen LogP contribution < -0.4 is 10.1 Å². The third-order valence-electron chi connectivity index (χ3n) is 5.83. The van der Waals surface area contributed by atoms with Crippen molar-refractivity contribution in [2.75, 3.05) is 25.5 Å². The number of hydrogen-bond donors (Lipinski definition) is 1. The maximum atomic E-state index is 13.2. The summed E-state index contributed by atoms with van der Waals surface area (Å²) < 4.78 is 33.2. The molecule has 7 nitrogen and oxygen atoms in total.